The number of methoxy groups -OCH3 is 1. The summed E-state index contributed by atoms with van der Waals surface area (Å²) in [7, 11) is 1.40. The van der Waals surface area contributed by atoms with Crippen molar-refractivity contribution in [3.05, 3.63) is 59.1 Å². The number of aliphatic hydroxyl groups is 1. The van der Waals surface area contributed by atoms with Gasteiger partial charge in [-0.1, -0.05) is 11.2 Å². The van der Waals surface area contributed by atoms with E-state index in [9.17, 15) is 9.50 Å². The highest BCUT2D eigenvalue weighted by Gasteiger charge is 2.28. The molecule has 0 bridgehead atoms. The summed E-state index contributed by atoms with van der Waals surface area (Å²) in [6, 6.07) is 6.29. The molecule has 1 aliphatic heterocycles. The standard InChI is InChI=1S/C24H25FN4O4/c1-13-21(14(2)33-28-13)16-10-19-23(26-11-16)29(17-5-4-8-32-12-17)24(27-19)22(30)15-6-7-20(31-3)18(25)9-15/h6-7,9-11,17,22,30H,4-5,8,12H2,1-3H3/t17-,22?/m0/s1. The van der Waals surface area contributed by atoms with E-state index in [-0.39, 0.29) is 11.8 Å². The zero-order valence-corrected chi connectivity index (χ0v) is 18.7. The molecule has 4 aromatic rings. The van der Waals surface area contributed by atoms with Crippen LogP contribution in [-0.4, -0.2) is 45.1 Å². The molecule has 2 atom stereocenters. The number of hydrogen-bond acceptors (Lipinski definition) is 7. The van der Waals surface area contributed by atoms with Crippen LogP contribution < -0.4 is 4.74 Å². The van der Waals surface area contributed by atoms with Crippen molar-refractivity contribution in [3.63, 3.8) is 0 Å². The molecular formula is C24H25FN4O4. The Morgan fingerprint density at radius 3 is 2.79 bits per heavy atom. The molecule has 1 saturated heterocycles. The van der Waals surface area contributed by atoms with Gasteiger partial charge in [0.05, 0.1) is 25.5 Å². The van der Waals surface area contributed by atoms with Crippen molar-refractivity contribution >= 4 is 11.2 Å². The number of aromatic nitrogens is 4. The quantitative estimate of drug-likeness (QED) is 0.483. The van der Waals surface area contributed by atoms with E-state index in [1.54, 1.807) is 12.3 Å². The number of halogens is 1. The molecule has 33 heavy (non-hydrogen) atoms. The summed E-state index contributed by atoms with van der Waals surface area (Å²) in [5.74, 6) is 0.665. The second kappa shape index (κ2) is 8.57. The van der Waals surface area contributed by atoms with Crippen LogP contribution in [-0.2, 0) is 4.74 Å². The van der Waals surface area contributed by atoms with Crippen LogP contribution in [0.3, 0.4) is 0 Å². The van der Waals surface area contributed by atoms with Gasteiger partial charge in [0.2, 0.25) is 0 Å². The van der Waals surface area contributed by atoms with Crippen LogP contribution in [0.4, 0.5) is 4.39 Å². The smallest absolute Gasteiger partial charge is 0.165 e. The van der Waals surface area contributed by atoms with E-state index in [0.717, 1.165) is 29.7 Å². The Morgan fingerprint density at radius 1 is 1.27 bits per heavy atom. The maximum Gasteiger partial charge on any atom is 0.165 e. The van der Waals surface area contributed by atoms with Gasteiger partial charge in [0, 0.05) is 23.9 Å². The van der Waals surface area contributed by atoms with Crippen molar-refractivity contribution in [2.75, 3.05) is 20.3 Å². The highest BCUT2D eigenvalue weighted by molar-refractivity contribution is 5.80. The van der Waals surface area contributed by atoms with Crippen LogP contribution in [0, 0.1) is 19.7 Å². The van der Waals surface area contributed by atoms with Gasteiger partial charge in [0.15, 0.2) is 17.2 Å². The second-order valence-corrected chi connectivity index (χ2v) is 8.27. The van der Waals surface area contributed by atoms with Crippen LogP contribution in [0.2, 0.25) is 0 Å². The Bertz CT molecular complexity index is 1290. The van der Waals surface area contributed by atoms with E-state index < -0.39 is 11.9 Å². The number of nitrogens with zero attached hydrogens (tertiary/aromatic N) is 4. The number of rotatable bonds is 5. The Balaban J connectivity index is 1.65. The first-order chi connectivity index (χ1) is 16.0. The van der Waals surface area contributed by atoms with Crippen molar-refractivity contribution in [1.82, 2.24) is 19.7 Å². The predicted octanol–water partition coefficient (Wildman–Crippen LogP) is 4.28. The molecule has 1 aromatic carbocycles. The molecule has 8 nitrogen and oxygen atoms in total. The number of ether oxygens (including phenoxy) is 2. The molecule has 1 aliphatic rings. The van der Waals surface area contributed by atoms with E-state index in [2.05, 4.69) is 5.16 Å². The predicted molar refractivity (Wildman–Crippen MR) is 119 cm³/mol. The average Bonchev–Trinajstić information content (AvgIpc) is 3.37. The topological polar surface area (TPSA) is 95.4 Å². The first kappa shape index (κ1) is 21.5. The van der Waals surface area contributed by atoms with E-state index in [1.807, 2.05) is 24.5 Å². The molecule has 5 rings (SSSR count). The van der Waals surface area contributed by atoms with Crippen molar-refractivity contribution < 1.29 is 23.5 Å². The van der Waals surface area contributed by atoms with Gasteiger partial charge >= 0.3 is 0 Å². The Morgan fingerprint density at radius 2 is 2.12 bits per heavy atom. The molecule has 3 aromatic heterocycles. The van der Waals surface area contributed by atoms with E-state index in [0.29, 0.717) is 41.5 Å². The highest BCUT2D eigenvalue weighted by Crippen LogP contribution is 2.35. The minimum absolute atomic E-state index is 0.0334. The molecule has 0 radical (unpaired) electrons. The molecule has 1 N–H and O–H groups in total. The molecule has 172 valence electrons. The SMILES string of the molecule is COc1ccc(C(O)c2nc3cc(-c4c(C)noc4C)cnc3n2[C@H]2CCCOC2)cc1F. The lowest BCUT2D eigenvalue weighted by Crippen LogP contribution is -2.24. The van der Waals surface area contributed by atoms with Crippen molar-refractivity contribution in [2.45, 2.75) is 38.8 Å². The van der Waals surface area contributed by atoms with Crippen molar-refractivity contribution in [2.24, 2.45) is 0 Å². The first-order valence-electron chi connectivity index (χ1n) is 10.9. The summed E-state index contributed by atoms with van der Waals surface area (Å²) in [6.07, 6.45) is 2.38. The molecule has 1 unspecified atom stereocenters. The minimum atomic E-state index is -1.15. The summed E-state index contributed by atoms with van der Waals surface area (Å²) in [6.45, 7) is 4.93. The molecular weight excluding hydrogens is 427 g/mol. The van der Waals surface area contributed by atoms with Crippen LogP contribution in [0.25, 0.3) is 22.3 Å². The number of pyridine rings is 1. The molecule has 4 heterocycles. The van der Waals surface area contributed by atoms with Crippen LogP contribution in [0.1, 0.15) is 47.8 Å². The normalized spacial score (nSPS) is 17.4. The number of imidazole rings is 1. The Labute approximate surface area is 190 Å². The fourth-order valence-electron chi connectivity index (χ4n) is 4.51. The molecule has 0 spiro atoms. The summed E-state index contributed by atoms with van der Waals surface area (Å²) in [4.78, 5) is 9.46. The fourth-order valence-corrected chi connectivity index (χ4v) is 4.51. The highest BCUT2D eigenvalue weighted by atomic mass is 19.1. The van der Waals surface area contributed by atoms with Crippen molar-refractivity contribution in [3.8, 4) is 16.9 Å². The third-order valence-electron chi connectivity index (χ3n) is 6.12. The molecule has 0 aliphatic carbocycles. The molecule has 9 heteroatoms. The van der Waals surface area contributed by atoms with Crippen LogP contribution >= 0.6 is 0 Å². The van der Waals surface area contributed by atoms with Gasteiger partial charge in [-0.15, -0.1) is 0 Å². The lowest BCUT2D eigenvalue weighted by atomic mass is 10.1. The molecule has 1 fully saturated rings. The summed E-state index contributed by atoms with van der Waals surface area (Å²) in [5.41, 5.74) is 4.12. The molecule has 0 saturated carbocycles. The fraction of sp³-hybridized carbons (Fsp3) is 0.375. The lowest BCUT2D eigenvalue weighted by Gasteiger charge is -2.26. The van der Waals surface area contributed by atoms with E-state index >= 15 is 0 Å². The number of aryl methyl sites for hydroxylation is 2. The van der Waals surface area contributed by atoms with E-state index in [4.69, 9.17) is 24.0 Å². The summed E-state index contributed by atoms with van der Waals surface area (Å²) >= 11 is 0. The lowest BCUT2D eigenvalue weighted by molar-refractivity contribution is 0.0568. The number of aliphatic hydroxyl groups excluding tert-OH is 1. The van der Waals surface area contributed by atoms with Gasteiger partial charge in [-0.2, -0.15) is 0 Å². The Kier molecular flexibility index (Phi) is 5.59. The number of fused-ring (bicyclic) bond motifs is 1. The zero-order chi connectivity index (χ0) is 23.1. The average molecular weight is 452 g/mol. The number of benzene rings is 1. The zero-order valence-electron chi connectivity index (χ0n) is 18.7. The van der Waals surface area contributed by atoms with Gasteiger partial charge < -0.3 is 23.7 Å². The van der Waals surface area contributed by atoms with Gasteiger partial charge in [-0.25, -0.2) is 14.4 Å². The molecule has 0 amide bonds. The number of hydrogen-bond donors (Lipinski definition) is 1. The second-order valence-electron chi connectivity index (χ2n) is 8.27. The monoisotopic (exact) mass is 452 g/mol. The van der Waals surface area contributed by atoms with Gasteiger partial charge in [-0.05, 0) is 50.5 Å². The van der Waals surface area contributed by atoms with Gasteiger partial charge in [0.25, 0.3) is 0 Å². The minimum Gasteiger partial charge on any atom is -0.494 e. The summed E-state index contributed by atoms with van der Waals surface area (Å²) in [5, 5.41) is 15.3. The largest absolute Gasteiger partial charge is 0.494 e. The summed E-state index contributed by atoms with van der Waals surface area (Å²) < 4.78 is 32.3. The first-order valence-corrected chi connectivity index (χ1v) is 10.9. The van der Waals surface area contributed by atoms with Crippen LogP contribution in [0.15, 0.2) is 35.0 Å². The van der Waals surface area contributed by atoms with Gasteiger partial charge in [0.1, 0.15) is 23.2 Å². The third kappa shape index (κ3) is 3.77. The Hall–Kier alpha value is -3.30. The third-order valence-corrected chi connectivity index (χ3v) is 6.12. The maximum absolute atomic E-state index is 14.4. The van der Waals surface area contributed by atoms with Crippen LogP contribution in [0.5, 0.6) is 5.75 Å². The van der Waals surface area contributed by atoms with Gasteiger partial charge in [-0.3, -0.25) is 0 Å². The van der Waals surface area contributed by atoms with E-state index in [1.165, 1.54) is 19.2 Å². The van der Waals surface area contributed by atoms with Crippen molar-refractivity contribution in [1.29, 1.82) is 0 Å². The maximum atomic E-state index is 14.4.